The standard InChI is InChI=1S/C18H22N2O6S/c1-12(18(21)19-13-5-7-14(24-2)8-6-13)20-27(22,23)15-9-10-16(25-3)17(11-15)26-4/h5-12,20H,1-4H3,(H,19,21). The van der Waals surface area contributed by atoms with Gasteiger partial charge in [-0.3, -0.25) is 4.79 Å². The van der Waals surface area contributed by atoms with Crippen LogP contribution < -0.4 is 24.2 Å². The molecule has 9 heteroatoms. The smallest absolute Gasteiger partial charge is 0.242 e. The van der Waals surface area contributed by atoms with Crippen LogP contribution in [-0.4, -0.2) is 41.7 Å². The van der Waals surface area contributed by atoms with Gasteiger partial charge in [0.1, 0.15) is 5.75 Å². The maximum atomic E-state index is 12.5. The molecule has 2 rings (SSSR count). The van der Waals surface area contributed by atoms with E-state index in [0.29, 0.717) is 17.2 Å². The molecular weight excluding hydrogens is 372 g/mol. The Labute approximate surface area is 158 Å². The van der Waals surface area contributed by atoms with Gasteiger partial charge in [-0.2, -0.15) is 4.72 Å². The van der Waals surface area contributed by atoms with E-state index in [2.05, 4.69) is 10.0 Å². The molecule has 2 N–H and O–H groups in total. The van der Waals surface area contributed by atoms with Crippen molar-refractivity contribution in [2.45, 2.75) is 17.9 Å². The Hall–Kier alpha value is -2.78. The molecule has 1 amide bonds. The minimum Gasteiger partial charge on any atom is -0.497 e. The minimum atomic E-state index is -3.93. The van der Waals surface area contributed by atoms with Crippen LogP contribution in [0.5, 0.6) is 17.2 Å². The Balaban J connectivity index is 2.10. The molecule has 0 aliphatic rings. The lowest BCUT2D eigenvalue weighted by atomic mass is 10.2. The number of benzene rings is 2. The van der Waals surface area contributed by atoms with E-state index in [1.54, 1.807) is 31.4 Å². The summed E-state index contributed by atoms with van der Waals surface area (Å²) in [6.45, 7) is 1.46. The molecule has 1 unspecified atom stereocenters. The van der Waals surface area contributed by atoms with Crippen molar-refractivity contribution in [2.75, 3.05) is 26.6 Å². The molecule has 0 bridgehead atoms. The molecule has 146 valence electrons. The van der Waals surface area contributed by atoms with Gasteiger partial charge in [0.05, 0.1) is 32.3 Å². The first-order valence-corrected chi connectivity index (χ1v) is 9.48. The zero-order chi connectivity index (χ0) is 20.0. The fourth-order valence-electron chi connectivity index (χ4n) is 2.26. The van der Waals surface area contributed by atoms with E-state index in [1.165, 1.54) is 39.3 Å². The average Bonchev–Trinajstić information content (AvgIpc) is 2.67. The minimum absolute atomic E-state index is 0.0377. The highest BCUT2D eigenvalue weighted by atomic mass is 32.2. The quantitative estimate of drug-likeness (QED) is 0.710. The molecule has 0 aliphatic heterocycles. The van der Waals surface area contributed by atoms with Crippen LogP contribution >= 0.6 is 0 Å². The maximum Gasteiger partial charge on any atom is 0.242 e. The number of amides is 1. The van der Waals surface area contributed by atoms with Gasteiger partial charge in [0.15, 0.2) is 11.5 Å². The highest BCUT2D eigenvalue weighted by Crippen LogP contribution is 2.29. The number of anilines is 1. The first-order valence-electron chi connectivity index (χ1n) is 8.00. The van der Waals surface area contributed by atoms with Crippen molar-refractivity contribution in [1.29, 1.82) is 0 Å². The normalized spacial score (nSPS) is 12.1. The Morgan fingerprint density at radius 3 is 2.11 bits per heavy atom. The number of sulfonamides is 1. The summed E-state index contributed by atoms with van der Waals surface area (Å²) in [4.78, 5) is 12.2. The Bertz CT molecular complexity index is 897. The number of carbonyl (C=O) groups is 1. The van der Waals surface area contributed by atoms with Crippen molar-refractivity contribution in [2.24, 2.45) is 0 Å². The molecule has 27 heavy (non-hydrogen) atoms. The first kappa shape index (κ1) is 20.5. The third kappa shape index (κ3) is 5.11. The second-order valence-electron chi connectivity index (χ2n) is 5.58. The Morgan fingerprint density at radius 1 is 0.926 bits per heavy atom. The van der Waals surface area contributed by atoms with Crippen molar-refractivity contribution in [3.8, 4) is 17.2 Å². The highest BCUT2D eigenvalue weighted by Gasteiger charge is 2.23. The second-order valence-corrected chi connectivity index (χ2v) is 7.29. The largest absolute Gasteiger partial charge is 0.497 e. The van der Waals surface area contributed by atoms with Crippen LogP contribution in [0.2, 0.25) is 0 Å². The van der Waals surface area contributed by atoms with Crippen LogP contribution in [0.4, 0.5) is 5.69 Å². The van der Waals surface area contributed by atoms with Crippen LogP contribution in [0.15, 0.2) is 47.4 Å². The lowest BCUT2D eigenvalue weighted by Crippen LogP contribution is -2.41. The molecule has 2 aromatic carbocycles. The fourth-order valence-corrected chi connectivity index (χ4v) is 3.48. The van der Waals surface area contributed by atoms with Gasteiger partial charge in [-0.25, -0.2) is 8.42 Å². The van der Waals surface area contributed by atoms with Gasteiger partial charge >= 0.3 is 0 Å². The van der Waals surface area contributed by atoms with Gasteiger partial charge in [0.2, 0.25) is 15.9 Å². The zero-order valence-electron chi connectivity index (χ0n) is 15.5. The maximum absolute atomic E-state index is 12.5. The number of hydrogen-bond acceptors (Lipinski definition) is 6. The summed E-state index contributed by atoms with van der Waals surface area (Å²) in [6, 6.07) is 9.88. The zero-order valence-corrected chi connectivity index (χ0v) is 16.3. The lowest BCUT2D eigenvalue weighted by Gasteiger charge is -2.15. The van der Waals surface area contributed by atoms with Crippen LogP contribution in [-0.2, 0) is 14.8 Å². The van der Waals surface area contributed by atoms with E-state index < -0.39 is 22.0 Å². The van der Waals surface area contributed by atoms with Gasteiger partial charge in [0.25, 0.3) is 0 Å². The number of hydrogen-bond donors (Lipinski definition) is 2. The van der Waals surface area contributed by atoms with Gasteiger partial charge < -0.3 is 19.5 Å². The van der Waals surface area contributed by atoms with E-state index in [4.69, 9.17) is 14.2 Å². The van der Waals surface area contributed by atoms with E-state index in [9.17, 15) is 13.2 Å². The molecular formula is C18H22N2O6S. The van der Waals surface area contributed by atoms with Crippen LogP contribution in [0.3, 0.4) is 0 Å². The molecule has 0 spiro atoms. The lowest BCUT2D eigenvalue weighted by molar-refractivity contribution is -0.117. The predicted molar refractivity (Wildman–Crippen MR) is 101 cm³/mol. The Morgan fingerprint density at radius 2 is 1.56 bits per heavy atom. The number of rotatable bonds is 8. The summed E-state index contributed by atoms with van der Waals surface area (Å²) in [5.74, 6) is 0.830. The summed E-state index contributed by atoms with van der Waals surface area (Å²) in [7, 11) is 0.472. The number of nitrogens with one attached hydrogen (secondary N) is 2. The van der Waals surface area contributed by atoms with Crippen molar-refractivity contribution >= 4 is 21.6 Å². The van der Waals surface area contributed by atoms with Gasteiger partial charge in [-0.1, -0.05) is 0 Å². The monoisotopic (exact) mass is 394 g/mol. The molecule has 0 saturated carbocycles. The summed E-state index contributed by atoms with van der Waals surface area (Å²) >= 11 is 0. The van der Waals surface area contributed by atoms with Gasteiger partial charge in [-0.15, -0.1) is 0 Å². The van der Waals surface area contributed by atoms with E-state index in [-0.39, 0.29) is 10.6 Å². The van der Waals surface area contributed by atoms with Gasteiger partial charge in [0, 0.05) is 11.8 Å². The Kier molecular flexibility index (Phi) is 6.65. The third-order valence-electron chi connectivity index (χ3n) is 3.75. The third-order valence-corrected chi connectivity index (χ3v) is 5.29. The summed E-state index contributed by atoms with van der Waals surface area (Å²) in [5.41, 5.74) is 0.526. The molecule has 0 radical (unpaired) electrons. The van der Waals surface area contributed by atoms with E-state index >= 15 is 0 Å². The molecule has 0 heterocycles. The predicted octanol–water partition coefficient (Wildman–Crippen LogP) is 2.02. The molecule has 0 saturated heterocycles. The fraction of sp³-hybridized carbons (Fsp3) is 0.278. The second kappa shape index (κ2) is 8.74. The van der Waals surface area contributed by atoms with Crippen LogP contribution in [0.1, 0.15) is 6.92 Å². The SMILES string of the molecule is COc1ccc(NC(=O)C(C)NS(=O)(=O)c2ccc(OC)c(OC)c2)cc1. The molecule has 1 atom stereocenters. The van der Waals surface area contributed by atoms with Crippen molar-refractivity contribution in [1.82, 2.24) is 4.72 Å². The summed E-state index contributed by atoms with van der Waals surface area (Å²) < 4.78 is 42.7. The van der Waals surface area contributed by atoms with E-state index in [1.807, 2.05) is 0 Å². The van der Waals surface area contributed by atoms with Crippen molar-refractivity contribution in [3.05, 3.63) is 42.5 Å². The molecule has 0 fully saturated rings. The highest BCUT2D eigenvalue weighted by molar-refractivity contribution is 7.89. The molecule has 0 aliphatic carbocycles. The number of ether oxygens (including phenoxy) is 3. The van der Waals surface area contributed by atoms with Crippen LogP contribution in [0.25, 0.3) is 0 Å². The topological polar surface area (TPSA) is 103 Å². The molecule has 2 aromatic rings. The average molecular weight is 394 g/mol. The van der Waals surface area contributed by atoms with Crippen molar-refractivity contribution in [3.63, 3.8) is 0 Å². The van der Waals surface area contributed by atoms with E-state index in [0.717, 1.165) is 0 Å². The summed E-state index contributed by atoms with van der Waals surface area (Å²) in [6.07, 6.45) is 0. The van der Waals surface area contributed by atoms with Crippen LogP contribution in [0, 0.1) is 0 Å². The van der Waals surface area contributed by atoms with Crippen molar-refractivity contribution < 1.29 is 27.4 Å². The molecule has 8 nitrogen and oxygen atoms in total. The summed E-state index contributed by atoms with van der Waals surface area (Å²) in [5, 5.41) is 2.64. The first-order chi connectivity index (χ1) is 12.8. The molecule has 0 aromatic heterocycles. The number of carbonyl (C=O) groups excluding carboxylic acids is 1. The van der Waals surface area contributed by atoms with Gasteiger partial charge in [-0.05, 0) is 43.3 Å². The number of methoxy groups -OCH3 is 3.